The molecule has 9 heteroatoms. The van der Waals surface area contributed by atoms with Crippen LogP contribution in [0.1, 0.15) is 17.4 Å². The molecule has 2 amide bonds. The minimum Gasteiger partial charge on any atom is -0.468 e. The summed E-state index contributed by atoms with van der Waals surface area (Å²) in [6.07, 6.45) is 2.18. The summed E-state index contributed by atoms with van der Waals surface area (Å²) in [7, 11) is 0. The highest BCUT2D eigenvalue weighted by Gasteiger charge is 2.28. The first kappa shape index (κ1) is 24.8. The number of furan rings is 1. The number of hydrogen-bond donors (Lipinski definition) is 2. The molecule has 1 aliphatic rings. The molecule has 0 saturated carbocycles. The third-order valence-electron chi connectivity index (χ3n) is 6.09. The second-order valence-corrected chi connectivity index (χ2v) is 8.78. The van der Waals surface area contributed by atoms with E-state index in [4.69, 9.17) is 16.0 Å². The van der Waals surface area contributed by atoms with Gasteiger partial charge in [-0.1, -0.05) is 35.9 Å². The third kappa shape index (κ3) is 6.61. The summed E-state index contributed by atoms with van der Waals surface area (Å²) in [5.41, 5.74) is 1.60. The number of rotatable bonds is 8. The Bertz CT molecular complexity index is 1120. The van der Waals surface area contributed by atoms with E-state index in [1.807, 2.05) is 29.2 Å². The summed E-state index contributed by atoms with van der Waals surface area (Å²) in [6, 6.07) is 17.5. The maximum atomic E-state index is 14.2. The van der Waals surface area contributed by atoms with Crippen molar-refractivity contribution < 1.29 is 18.4 Å². The number of benzene rings is 2. The molecule has 2 N–H and O–H groups in total. The number of nitrogens with zero attached hydrogens (tertiary/aromatic N) is 2. The van der Waals surface area contributed by atoms with E-state index in [1.165, 1.54) is 6.07 Å². The van der Waals surface area contributed by atoms with Crippen LogP contribution in [0.5, 0.6) is 0 Å². The number of carbonyl (C=O) groups is 2. The van der Waals surface area contributed by atoms with Crippen LogP contribution in [-0.4, -0.2) is 56.0 Å². The maximum Gasteiger partial charge on any atom is 0.309 e. The van der Waals surface area contributed by atoms with Gasteiger partial charge in [-0.05, 0) is 48.4 Å². The van der Waals surface area contributed by atoms with Crippen molar-refractivity contribution in [2.24, 2.45) is 0 Å². The van der Waals surface area contributed by atoms with E-state index in [1.54, 1.807) is 36.6 Å². The zero-order valence-corrected chi connectivity index (χ0v) is 20.0. The molecule has 0 bridgehead atoms. The van der Waals surface area contributed by atoms with Gasteiger partial charge in [0.2, 0.25) is 0 Å². The standard InChI is InChI=1S/C26H28ClFN4O3/c27-20-9-7-19(8-10-20)11-12-29-25(33)26(34)30-18-23(24-6-3-17-35-24)32-15-13-31(14-16-32)22-5-2-1-4-21(22)28/h1-10,17,23H,11-16,18H2,(H,29,33)(H,30,34)/t23-/m1/s1. The minimum atomic E-state index is -0.692. The van der Waals surface area contributed by atoms with E-state index in [2.05, 4.69) is 15.5 Å². The number of amides is 2. The summed E-state index contributed by atoms with van der Waals surface area (Å²) >= 11 is 5.88. The maximum absolute atomic E-state index is 14.2. The number of piperazine rings is 1. The lowest BCUT2D eigenvalue weighted by molar-refractivity contribution is -0.139. The average Bonchev–Trinajstić information content (AvgIpc) is 3.41. The van der Waals surface area contributed by atoms with Crippen LogP contribution in [0.2, 0.25) is 5.02 Å². The zero-order valence-electron chi connectivity index (χ0n) is 19.3. The van der Waals surface area contributed by atoms with Gasteiger partial charge in [-0.2, -0.15) is 0 Å². The number of halogens is 2. The fourth-order valence-corrected chi connectivity index (χ4v) is 4.32. The van der Waals surface area contributed by atoms with Crippen molar-refractivity contribution in [3.63, 3.8) is 0 Å². The Morgan fingerprint density at radius 2 is 1.66 bits per heavy atom. The first-order valence-electron chi connectivity index (χ1n) is 11.6. The predicted molar refractivity (Wildman–Crippen MR) is 133 cm³/mol. The monoisotopic (exact) mass is 498 g/mol. The van der Waals surface area contributed by atoms with E-state index < -0.39 is 11.8 Å². The topological polar surface area (TPSA) is 77.8 Å². The fraction of sp³-hybridized carbons (Fsp3) is 0.308. The van der Waals surface area contributed by atoms with Crippen LogP contribution in [0.25, 0.3) is 0 Å². The fourth-order valence-electron chi connectivity index (χ4n) is 4.19. The van der Waals surface area contributed by atoms with Gasteiger partial charge in [0.25, 0.3) is 0 Å². The van der Waals surface area contributed by atoms with Gasteiger partial charge in [0.05, 0.1) is 18.0 Å². The minimum absolute atomic E-state index is 0.219. The predicted octanol–water partition coefficient (Wildman–Crippen LogP) is 3.41. The molecule has 0 spiro atoms. The molecule has 1 aliphatic heterocycles. The lowest BCUT2D eigenvalue weighted by atomic mass is 10.1. The van der Waals surface area contributed by atoms with Crippen molar-refractivity contribution in [3.8, 4) is 0 Å². The molecular formula is C26H28ClFN4O3. The van der Waals surface area contributed by atoms with Crippen LogP contribution < -0.4 is 15.5 Å². The van der Waals surface area contributed by atoms with Gasteiger partial charge in [-0.15, -0.1) is 0 Å². The lowest BCUT2D eigenvalue weighted by Crippen LogP contribution is -2.51. The number of para-hydroxylation sites is 1. The molecule has 0 radical (unpaired) electrons. The highest BCUT2D eigenvalue weighted by Crippen LogP contribution is 2.25. The molecule has 3 aromatic rings. The number of nitrogens with one attached hydrogen (secondary N) is 2. The number of hydrogen-bond acceptors (Lipinski definition) is 5. The Balaban J connectivity index is 1.28. The molecule has 1 fully saturated rings. The Hall–Kier alpha value is -3.36. The molecule has 4 rings (SSSR count). The number of carbonyl (C=O) groups excluding carboxylic acids is 2. The molecule has 1 atom stereocenters. The molecule has 35 heavy (non-hydrogen) atoms. The van der Waals surface area contributed by atoms with E-state index in [0.717, 1.165) is 5.56 Å². The van der Waals surface area contributed by atoms with Crippen LogP contribution in [-0.2, 0) is 16.0 Å². The van der Waals surface area contributed by atoms with E-state index in [0.29, 0.717) is 55.6 Å². The van der Waals surface area contributed by atoms with Crippen LogP contribution in [0.15, 0.2) is 71.3 Å². The van der Waals surface area contributed by atoms with Crippen LogP contribution in [0.3, 0.4) is 0 Å². The lowest BCUT2D eigenvalue weighted by Gasteiger charge is -2.39. The van der Waals surface area contributed by atoms with Crippen molar-refractivity contribution in [3.05, 3.63) is 89.1 Å². The molecule has 1 aromatic heterocycles. The molecule has 7 nitrogen and oxygen atoms in total. The summed E-state index contributed by atoms with van der Waals surface area (Å²) in [5, 5.41) is 6.03. The highest BCUT2D eigenvalue weighted by atomic mass is 35.5. The summed E-state index contributed by atoms with van der Waals surface area (Å²) < 4.78 is 19.8. The smallest absolute Gasteiger partial charge is 0.309 e. The quantitative estimate of drug-likeness (QED) is 0.465. The Kier molecular flexibility index (Phi) is 8.39. The van der Waals surface area contributed by atoms with Crippen LogP contribution >= 0.6 is 11.6 Å². The number of anilines is 1. The van der Waals surface area contributed by atoms with Crippen molar-refractivity contribution >= 4 is 29.1 Å². The van der Waals surface area contributed by atoms with Crippen molar-refractivity contribution in [1.29, 1.82) is 0 Å². The largest absolute Gasteiger partial charge is 0.468 e. The zero-order chi connectivity index (χ0) is 24.6. The Labute approximate surface area is 208 Å². The van der Waals surface area contributed by atoms with Crippen molar-refractivity contribution in [2.75, 3.05) is 44.2 Å². The SMILES string of the molecule is O=C(NCCc1ccc(Cl)cc1)C(=O)NC[C@H](c1ccco1)N1CCN(c2ccccc2F)CC1. The molecule has 2 aromatic carbocycles. The molecule has 0 aliphatic carbocycles. The van der Waals surface area contributed by atoms with Crippen molar-refractivity contribution in [1.82, 2.24) is 15.5 Å². The normalized spacial score (nSPS) is 15.0. The van der Waals surface area contributed by atoms with E-state index >= 15 is 0 Å². The van der Waals surface area contributed by atoms with Crippen LogP contribution in [0.4, 0.5) is 10.1 Å². The third-order valence-corrected chi connectivity index (χ3v) is 6.35. The molecule has 184 valence electrons. The Morgan fingerprint density at radius 1 is 0.943 bits per heavy atom. The molecule has 2 heterocycles. The van der Waals surface area contributed by atoms with Gasteiger partial charge in [0, 0.05) is 44.3 Å². The molecule has 0 unspecified atom stereocenters. The van der Waals surface area contributed by atoms with E-state index in [9.17, 15) is 14.0 Å². The molecular weight excluding hydrogens is 471 g/mol. The second kappa shape index (κ2) is 11.9. The first-order valence-corrected chi connectivity index (χ1v) is 12.0. The van der Waals surface area contributed by atoms with Crippen LogP contribution in [0, 0.1) is 5.82 Å². The summed E-state index contributed by atoms with van der Waals surface area (Å²) in [4.78, 5) is 28.9. The van der Waals surface area contributed by atoms with Gasteiger partial charge < -0.3 is 20.0 Å². The second-order valence-electron chi connectivity index (χ2n) is 8.35. The average molecular weight is 499 g/mol. The summed E-state index contributed by atoms with van der Waals surface area (Å²) in [5.74, 6) is -0.908. The van der Waals surface area contributed by atoms with Crippen molar-refractivity contribution in [2.45, 2.75) is 12.5 Å². The van der Waals surface area contributed by atoms with Gasteiger partial charge in [-0.25, -0.2) is 4.39 Å². The van der Waals surface area contributed by atoms with Gasteiger partial charge in [0.15, 0.2) is 0 Å². The highest BCUT2D eigenvalue weighted by molar-refractivity contribution is 6.35. The molecule has 1 saturated heterocycles. The van der Waals surface area contributed by atoms with E-state index in [-0.39, 0.29) is 18.4 Å². The van der Waals surface area contributed by atoms with Gasteiger partial charge in [0.1, 0.15) is 11.6 Å². The Morgan fingerprint density at radius 3 is 2.34 bits per heavy atom. The van der Waals surface area contributed by atoms with Gasteiger partial charge >= 0.3 is 11.8 Å². The summed E-state index contributed by atoms with van der Waals surface area (Å²) in [6.45, 7) is 3.14. The van der Waals surface area contributed by atoms with Gasteiger partial charge in [-0.3, -0.25) is 14.5 Å². The first-order chi connectivity index (χ1) is 17.0.